The van der Waals surface area contributed by atoms with Gasteiger partial charge in [0.2, 0.25) is 5.82 Å². The SMILES string of the molecule is CNc1nc(C(NC)NC)no1. The molecule has 0 fully saturated rings. The minimum absolute atomic E-state index is 0.0733. The molecule has 0 aliphatic heterocycles. The van der Waals surface area contributed by atoms with E-state index in [0.717, 1.165) is 0 Å². The highest BCUT2D eigenvalue weighted by atomic mass is 16.5. The van der Waals surface area contributed by atoms with Crippen LogP contribution in [0.1, 0.15) is 12.0 Å². The topological polar surface area (TPSA) is 75.0 Å². The second kappa shape index (κ2) is 4.03. The summed E-state index contributed by atoms with van der Waals surface area (Å²) in [4.78, 5) is 4.06. The lowest BCUT2D eigenvalue weighted by Gasteiger charge is -2.08. The Morgan fingerprint density at radius 2 is 1.92 bits per heavy atom. The molecule has 0 aromatic carbocycles. The van der Waals surface area contributed by atoms with Crippen LogP contribution in [0.4, 0.5) is 6.01 Å². The second-order valence-electron chi connectivity index (χ2n) is 2.22. The zero-order chi connectivity index (χ0) is 8.97. The minimum atomic E-state index is -0.0733. The van der Waals surface area contributed by atoms with Crippen molar-refractivity contribution >= 4 is 6.01 Å². The van der Waals surface area contributed by atoms with Gasteiger partial charge in [-0.2, -0.15) is 4.98 Å². The van der Waals surface area contributed by atoms with Gasteiger partial charge in [-0.1, -0.05) is 5.16 Å². The van der Waals surface area contributed by atoms with Crippen LogP contribution in [-0.4, -0.2) is 31.3 Å². The maximum atomic E-state index is 4.85. The maximum Gasteiger partial charge on any atom is 0.321 e. The Morgan fingerprint density at radius 3 is 2.33 bits per heavy atom. The van der Waals surface area contributed by atoms with Gasteiger partial charge in [-0.25, -0.2) is 0 Å². The van der Waals surface area contributed by atoms with Crippen LogP contribution in [0.25, 0.3) is 0 Å². The van der Waals surface area contributed by atoms with Crippen molar-refractivity contribution in [3.63, 3.8) is 0 Å². The Balaban J connectivity index is 2.72. The van der Waals surface area contributed by atoms with E-state index in [0.29, 0.717) is 11.8 Å². The molecule has 0 amide bonds. The van der Waals surface area contributed by atoms with Gasteiger partial charge in [0, 0.05) is 7.05 Å². The number of nitrogens with zero attached hydrogens (tertiary/aromatic N) is 2. The Morgan fingerprint density at radius 1 is 1.25 bits per heavy atom. The Kier molecular flexibility index (Phi) is 3.01. The van der Waals surface area contributed by atoms with E-state index in [2.05, 4.69) is 26.1 Å². The molecule has 0 aliphatic rings. The molecule has 0 aliphatic carbocycles. The van der Waals surface area contributed by atoms with E-state index in [1.165, 1.54) is 0 Å². The lowest BCUT2D eigenvalue weighted by atomic mass is 10.5. The van der Waals surface area contributed by atoms with Crippen LogP contribution >= 0.6 is 0 Å². The van der Waals surface area contributed by atoms with Crippen molar-refractivity contribution < 1.29 is 4.52 Å². The van der Waals surface area contributed by atoms with Crippen LogP contribution in [0.5, 0.6) is 0 Å². The van der Waals surface area contributed by atoms with Crippen molar-refractivity contribution in [1.82, 2.24) is 20.8 Å². The van der Waals surface area contributed by atoms with Gasteiger partial charge >= 0.3 is 6.01 Å². The Bertz CT molecular complexity index is 232. The molecule has 12 heavy (non-hydrogen) atoms. The molecule has 68 valence electrons. The maximum absolute atomic E-state index is 4.85. The van der Waals surface area contributed by atoms with Crippen molar-refractivity contribution in [1.29, 1.82) is 0 Å². The average molecular weight is 171 g/mol. The first-order valence-corrected chi connectivity index (χ1v) is 3.67. The number of nitrogens with one attached hydrogen (secondary N) is 3. The van der Waals surface area contributed by atoms with Gasteiger partial charge < -0.3 is 9.84 Å². The van der Waals surface area contributed by atoms with Crippen LogP contribution in [0.3, 0.4) is 0 Å². The van der Waals surface area contributed by atoms with Crippen LogP contribution in [0, 0.1) is 0 Å². The lowest BCUT2D eigenvalue weighted by Crippen LogP contribution is -2.29. The van der Waals surface area contributed by atoms with Gasteiger partial charge in [-0.05, 0) is 14.1 Å². The Labute approximate surface area is 70.7 Å². The molecular formula is C6H13N5O. The van der Waals surface area contributed by atoms with E-state index in [4.69, 9.17) is 4.52 Å². The van der Waals surface area contributed by atoms with E-state index < -0.39 is 0 Å². The molecule has 1 heterocycles. The van der Waals surface area contributed by atoms with E-state index in [9.17, 15) is 0 Å². The summed E-state index contributed by atoms with van der Waals surface area (Å²) < 4.78 is 4.85. The molecule has 1 rings (SSSR count). The summed E-state index contributed by atoms with van der Waals surface area (Å²) in [7, 11) is 5.36. The van der Waals surface area contributed by atoms with E-state index in [-0.39, 0.29) is 6.17 Å². The molecule has 1 aromatic heterocycles. The molecular weight excluding hydrogens is 158 g/mol. The average Bonchev–Trinajstić information content (AvgIpc) is 2.55. The minimum Gasteiger partial charge on any atom is -0.341 e. The highest BCUT2D eigenvalue weighted by Crippen LogP contribution is 2.07. The second-order valence-corrected chi connectivity index (χ2v) is 2.22. The first kappa shape index (κ1) is 8.95. The van der Waals surface area contributed by atoms with Gasteiger partial charge in [0.25, 0.3) is 0 Å². The van der Waals surface area contributed by atoms with Crippen LogP contribution < -0.4 is 16.0 Å². The van der Waals surface area contributed by atoms with Crippen LogP contribution in [0.15, 0.2) is 4.52 Å². The normalized spacial score (nSPS) is 10.7. The van der Waals surface area contributed by atoms with Gasteiger partial charge in [0.1, 0.15) is 6.17 Å². The van der Waals surface area contributed by atoms with Gasteiger partial charge in [-0.3, -0.25) is 10.6 Å². The molecule has 0 saturated heterocycles. The van der Waals surface area contributed by atoms with Crippen LogP contribution in [0.2, 0.25) is 0 Å². The number of anilines is 1. The monoisotopic (exact) mass is 171 g/mol. The summed E-state index contributed by atoms with van der Waals surface area (Å²) in [5.74, 6) is 0.587. The molecule has 6 heteroatoms. The zero-order valence-corrected chi connectivity index (χ0v) is 7.38. The van der Waals surface area contributed by atoms with Gasteiger partial charge in [-0.15, -0.1) is 0 Å². The largest absolute Gasteiger partial charge is 0.341 e. The summed E-state index contributed by atoms with van der Waals surface area (Å²) >= 11 is 0. The van der Waals surface area contributed by atoms with Crippen molar-refractivity contribution in [2.24, 2.45) is 0 Å². The summed E-state index contributed by atoms with van der Waals surface area (Å²) in [6, 6.07) is 0.417. The lowest BCUT2D eigenvalue weighted by molar-refractivity contribution is 0.399. The fourth-order valence-electron chi connectivity index (χ4n) is 0.856. The van der Waals surface area contributed by atoms with Gasteiger partial charge in [0.05, 0.1) is 0 Å². The molecule has 0 atom stereocenters. The first-order chi connectivity index (χ1) is 5.81. The standard InChI is InChI=1S/C6H13N5O/c1-7-4(8-2)5-10-6(9-3)12-11-5/h4,7-8H,1-3H3,(H,9,10,11). The number of aromatic nitrogens is 2. The number of hydrogen-bond acceptors (Lipinski definition) is 6. The molecule has 6 nitrogen and oxygen atoms in total. The molecule has 0 radical (unpaired) electrons. The smallest absolute Gasteiger partial charge is 0.321 e. The Hall–Kier alpha value is -1.14. The zero-order valence-electron chi connectivity index (χ0n) is 7.38. The van der Waals surface area contributed by atoms with E-state index >= 15 is 0 Å². The summed E-state index contributed by atoms with van der Waals surface area (Å²) in [5.41, 5.74) is 0. The third-order valence-electron chi connectivity index (χ3n) is 1.49. The van der Waals surface area contributed by atoms with Crippen molar-refractivity contribution in [3.05, 3.63) is 5.82 Å². The third-order valence-corrected chi connectivity index (χ3v) is 1.49. The third kappa shape index (κ3) is 1.72. The highest BCUT2D eigenvalue weighted by Gasteiger charge is 2.12. The molecule has 3 N–H and O–H groups in total. The highest BCUT2D eigenvalue weighted by molar-refractivity contribution is 5.16. The quantitative estimate of drug-likeness (QED) is 0.533. The van der Waals surface area contributed by atoms with Crippen molar-refractivity contribution in [3.8, 4) is 0 Å². The predicted molar refractivity (Wildman–Crippen MR) is 44.7 cm³/mol. The summed E-state index contributed by atoms with van der Waals surface area (Å²) in [6.45, 7) is 0. The molecule has 0 saturated carbocycles. The first-order valence-electron chi connectivity index (χ1n) is 3.67. The molecule has 0 spiro atoms. The number of rotatable bonds is 4. The predicted octanol–water partition coefficient (Wildman–Crippen LogP) is -0.451. The number of hydrogen-bond donors (Lipinski definition) is 3. The van der Waals surface area contributed by atoms with Gasteiger partial charge in [0.15, 0.2) is 0 Å². The van der Waals surface area contributed by atoms with E-state index in [1.54, 1.807) is 7.05 Å². The van der Waals surface area contributed by atoms with Crippen molar-refractivity contribution in [2.75, 3.05) is 26.5 Å². The van der Waals surface area contributed by atoms with Crippen LogP contribution in [-0.2, 0) is 0 Å². The van der Waals surface area contributed by atoms with E-state index in [1.807, 2.05) is 14.1 Å². The molecule has 0 unspecified atom stereocenters. The fraction of sp³-hybridized carbons (Fsp3) is 0.667. The molecule has 1 aromatic rings. The van der Waals surface area contributed by atoms with Crippen molar-refractivity contribution in [2.45, 2.75) is 6.17 Å². The molecule has 0 bridgehead atoms. The summed E-state index contributed by atoms with van der Waals surface area (Å²) in [5, 5.41) is 12.5. The summed E-state index contributed by atoms with van der Waals surface area (Å²) in [6.07, 6.45) is -0.0733. The fourth-order valence-corrected chi connectivity index (χ4v) is 0.856.